The van der Waals surface area contributed by atoms with Crippen molar-refractivity contribution in [3.63, 3.8) is 0 Å². The minimum Gasteiger partial charge on any atom is -0.478 e. The molecule has 0 bridgehead atoms. The topological polar surface area (TPSA) is 112 Å². The van der Waals surface area contributed by atoms with E-state index in [1.54, 1.807) is 6.07 Å². The zero-order chi connectivity index (χ0) is 18.7. The molecular formula is C16H20N6O3S. The van der Waals surface area contributed by atoms with Crippen molar-refractivity contribution in [3.05, 3.63) is 30.1 Å². The normalized spacial score (nSPS) is 11.6. The Morgan fingerprint density at radius 3 is 2.73 bits per heavy atom. The molecule has 0 aliphatic carbocycles. The standard InChI is InChI=1S/C16H20N6O3S/c1-4-25-13-7-5-6-12(20-13)15-21-14-16(22(15)10(2)3)19-11(8-17-14)9-18-26(23)24/h5-8,10,26H,4,9H2,1-3H3,(H,18,23,24). The highest BCUT2D eigenvalue weighted by Gasteiger charge is 2.19. The van der Waals surface area contributed by atoms with Crippen LogP contribution in [0.2, 0.25) is 0 Å². The molecule has 0 saturated heterocycles. The van der Waals surface area contributed by atoms with Gasteiger partial charge >= 0.3 is 0 Å². The van der Waals surface area contributed by atoms with Gasteiger partial charge in [-0.15, -0.1) is 0 Å². The first-order chi connectivity index (χ1) is 12.5. The van der Waals surface area contributed by atoms with E-state index in [2.05, 4.69) is 24.7 Å². The van der Waals surface area contributed by atoms with Crippen LogP contribution in [0.15, 0.2) is 24.4 Å². The summed E-state index contributed by atoms with van der Waals surface area (Å²) in [6.45, 7) is 6.53. The first kappa shape index (κ1) is 18.2. The average Bonchev–Trinajstić information content (AvgIpc) is 2.99. The second-order valence-electron chi connectivity index (χ2n) is 5.79. The summed E-state index contributed by atoms with van der Waals surface area (Å²) in [5, 5.41) is 0. The molecule has 10 heteroatoms. The Morgan fingerprint density at radius 2 is 2.04 bits per heavy atom. The van der Waals surface area contributed by atoms with Crippen molar-refractivity contribution in [2.75, 3.05) is 6.61 Å². The number of hydrogen-bond donors (Lipinski definition) is 2. The van der Waals surface area contributed by atoms with Gasteiger partial charge in [0.05, 0.1) is 25.0 Å². The van der Waals surface area contributed by atoms with Crippen molar-refractivity contribution in [1.82, 2.24) is 29.2 Å². The molecule has 3 aromatic rings. The highest BCUT2D eigenvalue weighted by atomic mass is 32.2. The maximum Gasteiger partial charge on any atom is 0.213 e. The van der Waals surface area contributed by atoms with E-state index in [0.717, 1.165) is 0 Å². The van der Waals surface area contributed by atoms with E-state index in [1.165, 1.54) is 6.20 Å². The Labute approximate surface area is 152 Å². The van der Waals surface area contributed by atoms with Gasteiger partial charge in [0, 0.05) is 12.1 Å². The third-order valence-corrected chi connectivity index (χ3v) is 4.02. The second-order valence-corrected chi connectivity index (χ2v) is 6.62. The minimum atomic E-state index is -2.69. The SMILES string of the molecule is CCOc1cccc(-c2nc3ncc(CN[SH](=O)=O)nc3n2C(C)C)n1. The van der Waals surface area contributed by atoms with Crippen molar-refractivity contribution in [1.29, 1.82) is 0 Å². The molecule has 3 rings (SSSR count). The first-order valence-electron chi connectivity index (χ1n) is 8.21. The highest BCUT2D eigenvalue weighted by Crippen LogP contribution is 2.26. The molecule has 9 nitrogen and oxygen atoms in total. The third kappa shape index (κ3) is 3.81. The molecule has 0 atom stereocenters. The molecule has 0 unspecified atom stereocenters. The van der Waals surface area contributed by atoms with Crippen molar-refractivity contribution < 1.29 is 13.2 Å². The van der Waals surface area contributed by atoms with E-state index in [1.807, 2.05) is 37.5 Å². The molecule has 0 aliphatic heterocycles. The summed E-state index contributed by atoms with van der Waals surface area (Å²) in [5.41, 5.74) is 2.24. The predicted octanol–water partition coefficient (Wildman–Crippen LogP) is 1.48. The van der Waals surface area contributed by atoms with Crippen LogP contribution < -0.4 is 9.46 Å². The summed E-state index contributed by atoms with van der Waals surface area (Å²) >= 11 is 0. The number of pyridine rings is 1. The van der Waals surface area contributed by atoms with Crippen LogP contribution in [0.3, 0.4) is 0 Å². The lowest BCUT2D eigenvalue weighted by atomic mass is 10.3. The fourth-order valence-corrected chi connectivity index (χ4v) is 2.86. The van der Waals surface area contributed by atoms with Gasteiger partial charge in [-0.3, -0.25) is 0 Å². The Hall–Kier alpha value is -2.59. The van der Waals surface area contributed by atoms with Gasteiger partial charge < -0.3 is 9.30 Å². The molecule has 0 aromatic carbocycles. The molecule has 3 heterocycles. The van der Waals surface area contributed by atoms with E-state index >= 15 is 0 Å². The van der Waals surface area contributed by atoms with Crippen LogP contribution in [-0.2, 0) is 17.4 Å². The predicted molar refractivity (Wildman–Crippen MR) is 97.3 cm³/mol. The monoisotopic (exact) mass is 376 g/mol. The Morgan fingerprint density at radius 1 is 1.23 bits per heavy atom. The number of rotatable bonds is 7. The average molecular weight is 376 g/mol. The maximum atomic E-state index is 10.7. The number of nitrogens with zero attached hydrogens (tertiary/aromatic N) is 5. The van der Waals surface area contributed by atoms with Gasteiger partial charge in [0.25, 0.3) is 0 Å². The van der Waals surface area contributed by atoms with Crippen molar-refractivity contribution in [3.8, 4) is 17.4 Å². The van der Waals surface area contributed by atoms with Crippen LogP contribution in [0, 0.1) is 0 Å². The van der Waals surface area contributed by atoms with E-state index in [0.29, 0.717) is 41.0 Å². The van der Waals surface area contributed by atoms with Gasteiger partial charge in [-0.1, -0.05) is 6.07 Å². The number of nitrogens with one attached hydrogen (secondary N) is 1. The number of thiol groups is 1. The van der Waals surface area contributed by atoms with Crippen molar-refractivity contribution in [2.24, 2.45) is 0 Å². The smallest absolute Gasteiger partial charge is 0.213 e. The first-order valence-corrected chi connectivity index (χ1v) is 9.39. The van der Waals surface area contributed by atoms with E-state index in [4.69, 9.17) is 4.74 Å². The van der Waals surface area contributed by atoms with Crippen LogP contribution >= 0.6 is 0 Å². The summed E-state index contributed by atoms with van der Waals surface area (Å²) in [6, 6.07) is 5.56. The minimum absolute atomic E-state index is 0.0567. The van der Waals surface area contributed by atoms with Gasteiger partial charge in [-0.05, 0) is 26.8 Å². The molecule has 26 heavy (non-hydrogen) atoms. The van der Waals surface area contributed by atoms with E-state index in [-0.39, 0.29) is 12.6 Å². The fraction of sp³-hybridized carbons (Fsp3) is 0.375. The zero-order valence-corrected chi connectivity index (χ0v) is 15.6. The Bertz CT molecular complexity index is 991. The van der Waals surface area contributed by atoms with Crippen molar-refractivity contribution >= 4 is 22.2 Å². The summed E-state index contributed by atoms with van der Waals surface area (Å²) in [4.78, 5) is 17.9. The van der Waals surface area contributed by atoms with Crippen LogP contribution in [0.5, 0.6) is 5.88 Å². The number of fused-ring (bicyclic) bond motifs is 1. The number of hydrogen-bond acceptors (Lipinski definition) is 7. The molecule has 1 N–H and O–H groups in total. The maximum absolute atomic E-state index is 10.7. The fourth-order valence-electron chi connectivity index (χ4n) is 2.57. The summed E-state index contributed by atoms with van der Waals surface area (Å²) < 4.78 is 31.2. The van der Waals surface area contributed by atoms with E-state index < -0.39 is 10.9 Å². The molecule has 3 aromatic heterocycles. The molecule has 0 amide bonds. The largest absolute Gasteiger partial charge is 0.478 e. The molecule has 0 aliphatic rings. The number of imidazole rings is 1. The molecule has 0 fully saturated rings. The Kier molecular flexibility index (Phi) is 5.43. The van der Waals surface area contributed by atoms with Gasteiger partial charge in [-0.2, -0.15) is 0 Å². The van der Waals surface area contributed by atoms with Crippen molar-refractivity contribution in [2.45, 2.75) is 33.4 Å². The summed E-state index contributed by atoms with van der Waals surface area (Å²) in [5.74, 6) is 1.16. The number of ether oxygens (including phenoxy) is 1. The zero-order valence-electron chi connectivity index (χ0n) is 14.7. The molecule has 0 spiro atoms. The second kappa shape index (κ2) is 7.75. The van der Waals surface area contributed by atoms with Gasteiger partial charge in [0.2, 0.25) is 16.8 Å². The molecule has 0 saturated carbocycles. The van der Waals surface area contributed by atoms with Crippen LogP contribution in [0.1, 0.15) is 32.5 Å². The molecular weight excluding hydrogens is 356 g/mol. The molecule has 0 radical (unpaired) electrons. The number of aromatic nitrogens is 5. The lowest BCUT2D eigenvalue weighted by Gasteiger charge is -2.12. The van der Waals surface area contributed by atoms with Gasteiger partial charge in [0.15, 0.2) is 17.1 Å². The molecule has 138 valence electrons. The lowest BCUT2D eigenvalue weighted by molar-refractivity contribution is 0.327. The third-order valence-electron chi connectivity index (χ3n) is 3.60. The summed E-state index contributed by atoms with van der Waals surface area (Å²) in [7, 11) is -2.69. The van der Waals surface area contributed by atoms with Crippen LogP contribution in [0.25, 0.3) is 22.8 Å². The highest BCUT2D eigenvalue weighted by molar-refractivity contribution is 7.70. The quantitative estimate of drug-likeness (QED) is 0.601. The van der Waals surface area contributed by atoms with Gasteiger partial charge in [-0.25, -0.2) is 33.1 Å². The van der Waals surface area contributed by atoms with E-state index in [9.17, 15) is 8.42 Å². The lowest BCUT2D eigenvalue weighted by Crippen LogP contribution is -2.12. The Balaban J connectivity index is 2.10. The van der Waals surface area contributed by atoms with Crippen LogP contribution in [0.4, 0.5) is 0 Å². The summed E-state index contributed by atoms with van der Waals surface area (Å²) in [6.07, 6.45) is 1.51. The van der Waals surface area contributed by atoms with Crippen LogP contribution in [-0.4, -0.2) is 39.5 Å². The van der Waals surface area contributed by atoms with Gasteiger partial charge in [0.1, 0.15) is 5.69 Å².